The third kappa shape index (κ3) is 3.05. The maximum Gasteiger partial charge on any atom is 0.341 e. The SMILES string of the molecule is COC(=O)c1cc(N)cc(Cl)c1Oc1ccccc1Br. The summed E-state index contributed by atoms with van der Waals surface area (Å²) in [6.45, 7) is 0. The van der Waals surface area contributed by atoms with Gasteiger partial charge in [-0.25, -0.2) is 4.79 Å². The van der Waals surface area contributed by atoms with E-state index >= 15 is 0 Å². The molecule has 0 bridgehead atoms. The molecule has 0 fully saturated rings. The summed E-state index contributed by atoms with van der Waals surface area (Å²) in [6, 6.07) is 10.2. The van der Waals surface area contributed by atoms with E-state index in [1.165, 1.54) is 19.2 Å². The lowest BCUT2D eigenvalue weighted by Crippen LogP contribution is -2.05. The standard InChI is InChI=1S/C14H11BrClNO3/c1-19-14(18)9-6-8(17)7-11(16)13(9)20-12-5-3-2-4-10(12)15/h2-7H,17H2,1H3. The number of esters is 1. The van der Waals surface area contributed by atoms with E-state index in [2.05, 4.69) is 15.9 Å². The van der Waals surface area contributed by atoms with Gasteiger partial charge in [0.25, 0.3) is 0 Å². The Morgan fingerprint density at radius 3 is 2.65 bits per heavy atom. The Morgan fingerprint density at radius 1 is 1.30 bits per heavy atom. The first-order chi connectivity index (χ1) is 9.52. The smallest absolute Gasteiger partial charge is 0.341 e. The van der Waals surface area contributed by atoms with Crippen molar-refractivity contribution in [2.24, 2.45) is 0 Å². The number of nitrogen functional groups attached to an aromatic ring is 1. The molecule has 0 aliphatic heterocycles. The number of methoxy groups -OCH3 is 1. The summed E-state index contributed by atoms with van der Waals surface area (Å²) in [5, 5.41) is 0.237. The second-order valence-corrected chi connectivity index (χ2v) is 5.17. The summed E-state index contributed by atoms with van der Waals surface area (Å²) in [4.78, 5) is 11.8. The largest absolute Gasteiger partial charge is 0.465 e. The van der Waals surface area contributed by atoms with E-state index in [4.69, 9.17) is 26.8 Å². The number of rotatable bonds is 3. The van der Waals surface area contributed by atoms with E-state index in [0.717, 1.165) is 4.47 Å². The summed E-state index contributed by atoms with van der Waals surface area (Å²) in [5.74, 6) is 0.171. The molecule has 0 aliphatic rings. The number of nitrogens with two attached hydrogens (primary N) is 1. The molecule has 0 radical (unpaired) electrons. The first kappa shape index (κ1) is 14.7. The fourth-order valence-electron chi connectivity index (χ4n) is 1.62. The number of carbonyl (C=O) groups excluding carboxylic acids is 1. The minimum Gasteiger partial charge on any atom is -0.465 e. The van der Waals surface area contributed by atoms with Crippen molar-refractivity contribution in [3.8, 4) is 11.5 Å². The van der Waals surface area contributed by atoms with Crippen LogP contribution in [0.5, 0.6) is 11.5 Å². The first-order valence-electron chi connectivity index (χ1n) is 5.62. The molecule has 0 saturated heterocycles. The van der Waals surface area contributed by atoms with Crippen LogP contribution in [0, 0.1) is 0 Å². The number of carbonyl (C=O) groups is 1. The van der Waals surface area contributed by atoms with Crippen molar-refractivity contribution in [1.82, 2.24) is 0 Å². The zero-order valence-corrected chi connectivity index (χ0v) is 12.9. The van der Waals surface area contributed by atoms with Crippen molar-refractivity contribution in [2.45, 2.75) is 0 Å². The van der Waals surface area contributed by atoms with Gasteiger partial charge in [-0.3, -0.25) is 0 Å². The van der Waals surface area contributed by atoms with Crippen molar-refractivity contribution in [3.05, 3.63) is 51.5 Å². The van der Waals surface area contributed by atoms with Gasteiger partial charge in [0.05, 0.1) is 16.6 Å². The monoisotopic (exact) mass is 355 g/mol. The Balaban J connectivity index is 2.50. The molecule has 2 N–H and O–H groups in total. The Kier molecular flexibility index (Phi) is 4.52. The van der Waals surface area contributed by atoms with E-state index in [1.54, 1.807) is 6.07 Å². The van der Waals surface area contributed by atoms with E-state index in [0.29, 0.717) is 11.4 Å². The average molecular weight is 357 g/mol. The predicted molar refractivity (Wildman–Crippen MR) is 81.4 cm³/mol. The van der Waals surface area contributed by atoms with Gasteiger partial charge in [-0.05, 0) is 40.2 Å². The fourth-order valence-corrected chi connectivity index (χ4v) is 2.25. The van der Waals surface area contributed by atoms with Crippen LogP contribution in [0.3, 0.4) is 0 Å². The van der Waals surface area contributed by atoms with E-state index < -0.39 is 5.97 Å². The lowest BCUT2D eigenvalue weighted by atomic mass is 10.1. The van der Waals surface area contributed by atoms with Crippen LogP contribution in [-0.2, 0) is 4.74 Å². The molecule has 20 heavy (non-hydrogen) atoms. The molecule has 0 aromatic heterocycles. The average Bonchev–Trinajstić information content (AvgIpc) is 2.42. The normalized spacial score (nSPS) is 10.2. The number of para-hydroxylation sites is 1. The van der Waals surface area contributed by atoms with E-state index in [9.17, 15) is 4.79 Å². The molecule has 0 unspecified atom stereocenters. The molecule has 2 aromatic carbocycles. The highest BCUT2D eigenvalue weighted by Crippen LogP contribution is 2.37. The van der Waals surface area contributed by atoms with Crippen molar-refractivity contribution in [3.63, 3.8) is 0 Å². The van der Waals surface area contributed by atoms with Crippen LogP contribution < -0.4 is 10.5 Å². The van der Waals surface area contributed by atoms with Crippen LogP contribution in [-0.4, -0.2) is 13.1 Å². The number of hydrogen-bond acceptors (Lipinski definition) is 4. The molecule has 0 atom stereocenters. The summed E-state index contributed by atoms with van der Waals surface area (Å²) in [7, 11) is 1.28. The van der Waals surface area contributed by atoms with Crippen LogP contribution >= 0.6 is 27.5 Å². The number of benzene rings is 2. The third-order valence-corrected chi connectivity index (χ3v) is 3.46. The summed E-state index contributed by atoms with van der Waals surface area (Å²) >= 11 is 9.47. The van der Waals surface area contributed by atoms with Crippen molar-refractivity contribution < 1.29 is 14.3 Å². The summed E-state index contributed by atoms with van der Waals surface area (Å²) in [5.41, 5.74) is 6.22. The van der Waals surface area contributed by atoms with E-state index in [-0.39, 0.29) is 16.3 Å². The number of anilines is 1. The quantitative estimate of drug-likeness (QED) is 0.659. The van der Waals surface area contributed by atoms with Crippen molar-refractivity contribution in [1.29, 1.82) is 0 Å². The maximum absolute atomic E-state index is 11.8. The van der Waals surface area contributed by atoms with Crippen LogP contribution in [0.4, 0.5) is 5.69 Å². The van der Waals surface area contributed by atoms with Crippen molar-refractivity contribution in [2.75, 3.05) is 12.8 Å². The van der Waals surface area contributed by atoms with Crippen LogP contribution in [0.15, 0.2) is 40.9 Å². The summed E-state index contributed by atoms with van der Waals surface area (Å²) in [6.07, 6.45) is 0. The van der Waals surface area contributed by atoms with E-state index in [1.807, 2.05) is 18.2 Å². The molecule has 2 rings (SSSR count). The lowest BCUT2D eigenvalue weighted by molar-refractivity contribution is 0.0598. The van der Waals surface area contributed by atoms with Gasteiger partial charge in [0.15, 0.2) is 5.75 Å². The molecule has 0 amide bonds. The molecule has 0 saturated carbocycles. The Labute approximate surface area is 129 Å². The van der Waals surface area contributed by atoms with Gasteiger partial charge in [0.2, 0.25) is 0 Å². The molecule has 0 aliphatic carbocycles. The molecule has 4 nitrogen and oxygen atoms in total. The molecular weight excluding hydrogens is 346 g/mol. The minimum absolute atomic E-state index is 0.174. The minimum atomic E-state index is -0.568. The third-order valence-electron chi connectivity index (χ3n) is 2.52. The highest BCUT2D eigenvalue weighted by atomic mass is 79.9. The van der Waals surface area contributed by atoms with Gasteiger partial charge in [0, 0.05) is 5.69 Å². The van der Waals surface area contributed by atoms with Gasteiger partial charge in [0.1, 0.15) is 11.3 Å². The van der Waals surface area contributed by atoms with Gasteiger partial charge >= 0.3 is 5.97 Å². The number of halogens is 2. The zero-order valence-electron chi connectivity index (χ0n) is 10.5. The van der Waals surface area contributed by atoms with Gasteiger partial charge in [-0.2, -0.15) is 0 Å². The van der Waals surface area contributed by atoms with Gasteiger partial charge < -0.3 is 15.2 Å². The van der Waals surface area contributed by atoms with Crippen LogP contribution in [0.1, 0.15) is 10.4 Å². The molecule has 2 aromatic rings. The van der Waals surface area contributed by atoms with Crippen molar-refractivity contribution >= 4 is 39.2 Å². The van der Waals surface area contributed by atoms with Crippen LogP contribution in [0.2, 0.25) is 5.02 Å². The Morgan fingerprint density at radius 2 is 2.00 bits per heavy atom. The molecule has 0 heterocycles. The summed E-state index contributed by atoms with van der Waals surface area (Å²) < 4.78 is 11.2. The zero-order chi connectivity index (χ0) is 14.7. The second-order valence-electron chi connectivity index (χ2n) is 3.90. The second kappa shape index (κ2) is 6.15. The molecular formula is C14H11BrClNO3. The lowest BCUT2D eigenvalue weighted by Gasteiger charge is -2.13. The molecule has 104 valence electrons. The molecule has 6 heteroatoms. The highest BCUT2D eigenvalue weighted by molar-refractivity contribution is 9.10. The number of hydrogen-bond donors (Lipinski definition) is 1. The maximum atomic E-state index is 11.8. The van der Waals surface area contributed by atoms with Crippen LogP contribution in [0.25, 0.3) is 0 Å². The number of ether oxygens (including phenoxy) is 2. The van der Waals surface area contributed by atoms with Gasteiger partial charge in [-0.15, -0.1) is 0 Å². The highest BCUT2D eigenvalue weighted by Gasteiger charge is 2.19. The Hall–Kier alpha value is -1.72. The molecule has 0 spiro atoms. The first-order valence-corrected chi connectivity index (χ1v) is 6.79. The van der Waals surface area contributed by atoms with Gasteiger partial charge in [-0.1, -0.05) is 23.7 Å². The Bertz CT molecular complexity index is 661. The fraction of sp³-hybridized carbons (Fsp3) is 0.0714. The topological polar surface area (TPSA) is 61.5 Å². The predicted octanol–water partition coefficient (Wildman–Crippen LogP) is 4.26.